The molecule has 2 aromatic carbocycles. The highest BCUT2D eigenvalue weighted by atomic mass is 16.5. The van der Waals surface area contributed by atoms with Crippen LogP contribution in [0.4, 0.5) is 5.88 Å². The van der Waals surface area contributed by atoms with Gasteiger partial charge in [0.2, 0.25) is 17.5 Å². The summed E-state index contributed by atoms with van der Waals surface area (Å²) in [6.45, 7) is 4.63. The molecule has 0 aliphatic carbocycles. The summed E-state index contributed by atoms with van der Waals surface area (Å²) in [7, 11) is 0. The highest BCUT2D eigenvalue weighted by molar-refractivity contribution is 5.59. The van der Waals surface area contributed by atoms with Crippen molar-refractivity contribution in [2.45, 2.75) is 6.61 Å². The summed E-state index contributed by atoms with van der Waals surface area (Å²) < 4.78 is 11.4. The summed E-state index contributed by atoms with van der Waals surface area (Å²) in [6.07, 6.45) is 1.68. The Hall–Kier alpha value is -3.52. The summed E-state index contributed by atoms with van der Waals surface area (Å²) in [5, 5.41) is 12.1. The molecule has 124 valence electrons. The van der Waals surface area contributed by atoms with E-state index in [4.69, 9.17) is 14.4 Å². The average molecular weight is 331 g/mol. The van der Waals surface area contributed by atoms with E-state index >= 15 is 0 Å². The zero-order chi connectivity index (χ0) is 17.5. The predicted octanol–water partition coefficient (Wildman–Crippen LogP) is 4.39. The quantitative estimate of drug-likeness (QED) is 0.650. The molecule has 1 heterocycles. The maximum absolute atomic E-state index is 9.14. The van der Waals surface area contributed by atoms with Crippen LogP contribution in [0, 0.1) is 11.3 Å². The molecule has 0 saturated heterocycles. The number of nitriles is 1. The number of rotatable bonds is 7. The van der Waals surface area contributed by atoms with Gasteiger partial charge in [-0.15, -0.1) is 6.58 Å². The Morgan fingerprint density at radius 2 is 1.92 bits per heavy atom. The Balaban J connectivity index is 1.71. The predicted molar refractivity (Wildman–Crippen MR) is 96.1 cm³/mol. The molecule has 0 spiro atoms. The van der Waals surface area contributed by atoms with Crippen molar-refractivity contribution in [1.29, 1.82) is 5.26 Å². The second-order valence-electron chi connectivity index (χ2n) is 5.28. The molecule has 25 heavy (non-hydrogen) atoms. The average Bonchev–Trinajstić information content (AvgIpc) is 3.09. The Labute approximate surface area is 146 Å². The van der Waals surface area contributed by atoms with Gasteiger partial charge in [-0.05, 0) is 29.8 Å². The van der Waals surface area contributed by atoms with Gasteiger partial charge in [-0.3, -0.25) is 0 Å². The first-order valence-corrected chi connectivity index (χ1v) is 7.83. The Bertz CT molecular complexity index is 878. The molecule has 0 fully saturated rings. The highest BCUT2D eigenvalue weighted by Gasteiger charge is 2.13. The number of hydrogen-bond donors (Lipinski definition) is 1. The van der Waals surface area contributed by atoms with Gasteiger partial charge in [-0.25, -0.2) is 0 Å². The minimum atomic E-state index is 0.223. The van der Waals surface area contributed by atoms with Crippen LogP contribution < -0.4 is 10.1 Å². The number of nitrogens with zero attached hydrogens (tertiary/aromatic N) is 2. The van der Waals surface area contributed by atoms with E-state index < -0.39 is 0 Å². The molecule has 0 aliphatic rings. The van der Waals surface area contributed by atoms with E-state index in [1.54, 1.807) is 6.08 Å². The van der Waals surface area contributed by atoms with Gasteiger partial charge in [0.15, 0.2) is 0 Å². The van der Waals surface area contributed by atoms with Crippen molar-refractivity contribution in [2.24, 2.45) is 0 Å². The van der Waals surface area contributed by atoms with Crippen molar-refractivity contribution in [3.05, 3.63) is 78.5 Å². The lowest BCUT2D eigenvalue weighted by atomic mass is 10.2. The Morgan fingerprint density at radius 3 is 2.60 bits per heavy atom. The third kappa shape index (κ3) is 4.06. The molecule has 0 radical (unpaired) electrons. The number of nitrogens with one attached hydrogen (secondary N) is 1. The molecule has 1 N–H and O–H groups in total. The normalized spacial score (nSPS) is 10.0. The van der Waals surface area contributed by atoms with Crippen molar-refractivity contribution < 1.29 is 9.15 Å². The van der Waals surface area contributed by atoms with Crippen LogP contribution in [0.25, 0.3) is 11.5 Å². The number of aromatic nitrogens is 1. The lowest BCUT2D eigenvalue weighted by molar-refractivity contribution is 0.306. The molecular formula is C20H17N3O2. The van der Waals surface area contributed by atoms with Crippen molar-refractivity contribution in [3.63, 3.8) is 0 Å². The minimum absolute atomic E-state index is 0.223. The molecule has 0 bridgehead atoms. The first-order chi connectivity index (χ1) is 12.3. The molecule has 5 heteroatoms. The summed E-state index contributed by atoms with van der Waals surface area (Å²) in [4.78, 5) is 4.21. The molecule has 0 atom stereocenters. The highest BCUT2D eigenvalue weighted by Crippen LogP contribution is 2.27. The first-order valence-electron chi connectivity index (χ1n) is 7.83. The van der Waals surface area contributed by atoms with E-state index in [1.807, 2.05) is 60.7 Å². The van der Waals surface area contributed by atoms with Gasteiger partial charge in [0.05, 0.1) is 0 Å². The zero-order valence-corrected chi connectivity index (χ0v) is 13.6. The molecule has 5 nitrogen and oxygen atoms in total. The number of benzene rings is 2. The maximum atomic E-state index is 9.14. The summed E-state index contributed by atoms with van der Waals surface area (Å²) in [5.74, 6) is 1.49. The molecule has 3 aromatic rings. The number of oxazole rings is 1. The van der Waals surface area contributed by atoms with E-state index in [0.717, 1.165) is 16.9 Å². The number of anilines is 1. The lowest BCUT2D eigenvalue weighted by Gasteiger charge is -2.06. The SMILES string of the molecule is C=CCNc1oc(-c2ccc(OCc3ccccc3)cc2)nc1C#N. The molecule has 0 aliphatic heterocycles. The van der Waals surface area contributed by atoms with Crippen LogP contribution in [0.5, 0.6) is 5.75 Å². The van der Waals surface area contributed by atoms with Crippen LogP contribution in [-0.2, 0) is 6.61 Å². The lowest BCUT2D eigenvalue weighted by Crippen LogP contribution is -1.97. The van der Waals surface area contributed by atoms with Crippen LogP contribution in [0.1, 0.15) is 11.3 Å². The second-order valence-corrected chi connectivity index (χ2v) is 5.28. The van der Waals surface area contributed by atoms with Gasteiger partial charge in [-0.2, -0.15) is 10.2 Å². The molecule has 0 saturated carbocycles. The number of hydrogen-bond acceptors (Lipinski definition) is 5. The van der Waals surface area contributed by atoms with Crippen molar-refractivity contribution in [3.8, 4) is 23.3 Å². The van der Waals surface area contributed by atoms with E-state index in [9.17, 15) is 0 Å². The van der Waals surface area contributed by atoms with Gasteiger partial charge in [0, 0.05) is 12.1 Å². The summed E-state index contributed by atoms with van der Waals surface area (Å²) in [5.41, 5.74) is 2.10. The van der Waals surface area contributed by atoms with Crippen LogP contribution in [-0.4, -0.2) is 11.5 Å². The molecule has 0 amide bonds. The van der Waals surface area contributed by atoms with Crippen molar-refractivity contribution in [1.82, 2.24) is 4.98 Å². The van der Waals surface area contributed by atoms with Crippen LogP contribution in [0.3, 0.4) is 0 Å². The fraction of sp³-hybridized carbons (Fsp3) is 0.100. The Morgan fingerprint density at radius 1 is 1.16 bits per heavy atom. The standard InChI is InChI=1S/C20H17N3O2/c1-2-12-22-20-18(13-21)23-19(25-20)16-8-10-17(11-9-16)24-14-15-6-4-3-5-7-15/h2-11,22H,1,12,14H2. The van der Waals surface area contributed by atoms with E-state index in [0.29, 0.717) is 24.9 Å². The van der Waals surface area contributed by atoms with Crippen molar-refractivity contribution in [2.75, 3.05) is 11.9 Å². The van der Waals surface area contributed by atoms with E-state index in [1.165, 1.54) is 0 Å². The smallest absolute Gasteiger partial charge is 0.232 e. The van der Waals surface area contributed by atoms with Crippen molar-refractivity contribution >= 4 is 5.88 Å². The van der Waals surface area contributed by atoms with Crippen LogP contribution in [0.2, 0.25) is 0 Å². The molecule has 1 aromatic heterocycles. The van der Waals surface area contributed by atoms with Gasteiger partial charge in [-0.1, -0.05) is 36.4 Å². The van der Waals surface area contributed by atoms with Gasteiger partial charge >= 0.3 is 0 Å². The van der Waals surface area contributed by atoms with Crippen LogP contribution >= 0.6 is 0 Å². The molecule has 0 unspecified atom stereocenters. The van der Waals surface area contributed by atoms with Crippen LogP contribution in [0.15, 0.2) is 71.7 Å². The third-order valence-electron chi connectivity index (χ3n) is 3.49. The number of ether oxygens (including phenoxy) is 1. The zero-order valence-electron chi connectivity index (χ0n) is 13.6. The molecular weight excluding hydrogens is 314 g/mol. The Kier molecular flexibility index (Phi) is 5.13. The second kappa shape index (κ2) is 7.84. The third-order valence-corrected chi connectivity index (χ3v) is 3.49. The minimum Gasteiger partial charge on any atom is -0.489 e. The van der Waals surface area contributed by atoms with Gasteiger partial charge in [0.25, 0.3) is 0 Å². The largest absolute Gasteiger partial charge is 0.489 e. The monoisotopic (exact) mass is 331 g/mol. The fourth-order valence-electron chi connectivity index (χ4n) is 2.24. The topological polar surface area (TPSA) is 71.1 Å². The molecule has 3 rings (SSSR count). The van der Waals surface area contributed by atoms with Gasteiger partial charge in [0.1, 0.15) is 18.4 Å². The maximum Gasteiger partial charge on any atom is 0.232 e. The van der Waals surface area contributed by atoms with E-state index in [-0.39, 0.29) is 5.69 Å². The fourth-order valence-corrected chi connectivity index (χ4v) is 2.24. The van der Waals surface area contributed by atoms with Gasteiger partial charge < -0.3 is 14.5 Å². The summed E-state index contributed by atoms with van der Waals surface area (Å²) in [6, 6.07) is 19.4. The summed E-state index contributed by atoms with van der Waals surface area (Å²) >= 11 is 0. The first kappa shape index (κ1) is 16.3. The van der Waals surface area contributed by atoms with E-state index in [2.05, 4.69) is 16.9 Å².